The number of halogens is 2. The second-order valence-corrected chi connectivity index (χ2v) is 3.96. The van der Waals surface area contributed by atoms with Crippen LogP contribution in [-0.4, -0.2) is 4.98 Å². The Labute approximate surface area is 103 Å². The molecule has 0 aliphatic rings. The Bertz CT molecular complexity index is 617. The summed E-state index contributed by atoms with van der Waals surface area (Å²) < 4.78 is 13.2. The van der Waals surface area contributed by atoms with E-state index >= 15 is 0 Å². The van der Waals surface area contributed by atoms with Crippen molar-refractivity contribution in [2.45, 2.75) is 6.92 Å². The molecular formula is C13H8ClFN2. The lowest BCUT2D eigenvalue weighted by atomic mass is 10.0. The van der Waals surface area contributed by atoms with Crippen molar-refractivity contribution >= 4 is 11.6 Å². The molecule has 0 fully saturated rings. The minimum Gasteiger partial charge on any atom is -0.243 e. The number of nitrogens with zero attached hydrogens (tertiary/aromatic N) is 2. The van der Waals surface area contributed by atoms with Crippen molar-refractivity contribution in [3.8, 4) is 17.2 Å². The summed E-state index contributed by atoms with van der Waals surface area (Å²) in [6, 6.07) is 8.38. The third kappa shape index (κ3) is 2.13. The highest BCUT2D eigenvalue weighted by Gasteiger charge is 2.10. The fourth-order valence-corrected chi connectivity index (χ4v) is 1.80. The highest BCUT2D eigenvalue weighted by atomic mass is 35.5. The second-order valence-electron chi connectivity index (χ2n) is 3.60. The van der Waals surface area contributed by atoms with Crippen molar-refractivity contribution in [2.75, 3.05) is 0 Å². The van der Waals surface area contributed by atoms with Crippen molar-refractivity contribution in [2.24, 2.45) is 0 Å². The maximum absolute atomic E-state index is 13.2. The Morgan fingerprint density at radius 2 is 2.12 bits per heavy atom. The topological polar surface area (TPSA) is 36.7 Å². The van der Waals surface area contributed by atoms with Crippen LogP contribution in [0.1, 0.15) is 11.1 Å². The first-order valence-electron chi connectivity index (χ1n) is 4.94. The SMILES string of the molecule is Cc1cc(-c2ccnc(Cl)c2C#N)ccc1F. The van der Waals surface area contributed by atoms with Crippen LogP contribution in [0.15, 0.2) is 30.5 Å². The number of aryl methyl sites for hydroxylation is 1. The number of hydrogen-bond donors (Lipinski definition) is 0. The van der Waals surface area contributed by atoms with Gasteiger partial charge in [-0.05, 0) is 36.2 Å². The number of rotatable bonds is 1. The van der Waals surface area contributed by atoms with E-state index in [4.69, 9.17) is 16.9 Å². The third-order valence-corrected chi connectivity index (χ3v) is 2.77. The van der Waals surface area contributed by atoms with E-state index < -0.39 is 0 Å². The Morgan fingerprint density at radius 3 is 2.76 bits per heavy atom. The van der Waals surface area contributed by atoms with Crippen LogP contribution in [0.25, 0.3) is 11.1 Å². The molecule has 0 radical (unpaired) electrons. The van der Waals surface area contributed by atoms with Gasteiger partial charge in [0, 0.05) is 11.8 Å². The zero-order valence-electron chi connectivity index (χ0n) is 9.04. The summed E-state index contributed by atoms with van der Waals surface area (Å²) in [5.74, 6) is -0.271. The maximum Gasteiger partial charge on any atom is 0.147 e. The third-order valence-electron chi connectivity index (χ3n) is 2.49. The van der Waals surface area contributed by atoms with Gasteiger partial charge in [-0.3, -0.25) is 0 Å². The van der Waals surface area contributed by atoms with Gasteiger partial charge in [0.05, 0.1) is 5.56 Å². The monoisotopic (exact) mass is 246 g/mol. The number of benzene rings is 1. The number of nitriles is 1. The molecule has 1 aromatic heterocycles. The van der Waals surface area contributed by atoms with Gasteiger partial charge in [0.15, 0.2) is 0 Å². The van der Waals surface area contributed by atoms with Gasteiger partial charge in [-0.2, -0.15) is 5.26 Å². The summed E-state index contributed by atoms with van der Waals surface area (Å²) in [5.41, 5.74) is 2.25. The van der Waals surface area contributed by atoms with Crippen LogP contribution in [0.2, 0.25) is 5.15 Å². The molecule has 84 valence electrons. The molecule has 0 atom stereocenters. The fraction of sp³-hybridized carbons (Fsp3) is 0.0769. The van der Waals surface area contributed by atoms with Crippen LogP contribution in [0, 0.1) is 24.1 Å². The van der Waals surface area contributed by atoms with Gasteiger partial charge in [-0.15, -0.1) is 0 Å². The van der Waals surface area contributed by atoms with E-state index in [-0.39, 0.29) is 11.0 Å². The molecule has 0 unspecified atom stereocenters. The van der Waals surface area contributed by atoms with Crippen LogP contribution < -0.4 is 0 Å². The lowest BCUT2D eigenvalue weighted by Gasteiger charge is -2.06. The van der Waals surface area contributed by atoms with Crippen LogP contribution in [-0.2, 0) is 0 Å². The predicted molar refractivity (Wildman–Crippen MR) is 64.1 cm³/mol. The molecule has 1 heterocycles. The maximum atomic E-state index is 13.2. The van der Waals surface area contributed by atoms with E-state index in [1.807, 2.05) is 6.07 Å². The molecule has 2 rings (SSSR count). The van der Waals surface area contributed by atoms with Gasteiger partial charge >= 0.3 is 0 Å². The highest BCUT2D eigenvalue weighted by molar-refractivity contribution is 6.30. The molecule has 0 bridgehead atoms. The molecule has 2 aromatic rings. The molecule has 4 heteroatoms. The molecule has 2 nitrogen and oxygen atoms in total. The minimum atomic E-state index is -0.271. The lowest BCUT2D eigenvalue weighted by Crippen LogP contribution is -1.90. The zero-order chi connectivity index (χ0) is 12.4. The van der Waals surface area contributed by atoms with Crippen LogP contribution in [0.4, 0.5) is 4.39 Å². The van der Waals surface area contributed by atoms with E-state index in [0.29, 0.717) is 16.7 Å². The second kappa shape index (κ2) is 4.52. The average Bonchev–Trinajstić information content (AvgIpc) is 2.32. The number of aromatic nitrogens is 1. The molecule has 0 aliphatic carbocycles. The first kappa shape index (κ1) is 11.6. The van der Waals surface area contributed by atoms with Gasteiger partial charge in [-0.25, -0.2) is 9.37 Å². The molecule has 0 amide bonds. The van der Waals surface area contributed by atoms with Crippen molar-refractivity contribution in [1.29, 1.82) is 5.26 Å². The summed E-state index contributed by atoms with van der Waals surface area (Å²) in [7, 11) is 0. The molecular weight excluding hydrogens is 239 g/mol. The number of hydrogen-bond acceptors (Lipinski definition) is 2. The standard InChI is InChI=1S/C13H8ClFN2/c1-8-6-9(2-3-12(8)15)10-4-5-17-13(14)11(10)7-16/h2-6H,1H3. The molecule has 0 spiro atoms. The van der Waals surface area contributed by atoms with Crippen LogP contribution >= 0.6 is 11.6 Å². The van der Waals surface area contributed by atoms with E-state index in [0.717, 1.165) is 5.56 Å². The smallest absolute Gasteiger partial charge is 0.147 e. The van der Waals surface area contributed by atoms with E-state index in [1.54, 1.807) is 25.1 Å². The van der Waals surface area contributed by atoms with Gasteiger partial charge in [0.1, 0.15) is 17.0 Å². The Morgan fingerprint density at radius 1 is 1.35 bits per heavy atom. The predicted octanol–water partition coefficient (Wildman–Crippen LogP) is 3.72. The van der Waals surface area contributed by atoms with Crippen molar-refractivity contribution in [3.05, 3.63) is 52.6 Å². The van der Waals surface area contributed by atoms with Gasteiger partial charge in [-0.1, -0.05) is 17.7 Å². The minimum absolute atomic E-state index is 0.159. The van der Waals surface area contributed by atoms with Gasteiger partial charge in [0.25, 0.3) is 0 Å². The highest BCUT2D eigenvalue weighted by Crippen LogP contribution is 2.28. The first-order chi connectivity index (χ1) is 8.13. The molecule has 0 aliphatic heterocycles. The molecule has 0 saturated heterocycles. The lowest BCUT2D eigenvalue weighted by molar-refractivity contribution is 0.619. The van der Waals surface area contributed by atoms with Crippen molar-refractivity contribution < 1.29 is 4.39 Å². The van der Waals surface area contributed by atoms with Gasteiger partial charge in [0.2, 0.25) is 0 Å². The quantitative estimate of drug-likeness (QED) is 0.719. The average molecular weight is 247 g/mol. The Balaban J connectivity index is 2.65. The van der Waals surface area contributed by atoms with Crippen LogP contribution in [0.3, 0.4) is 0 Å². The van der Waals surface area contributed by atoms with E-state index in [9.17, 15) is 4.39 Å². The summed E-state index contributed by atoms with van der Waals surface area (Å²) in [5, 5.41) is 9.20. The fourth-order valence-electron chi connectivity index (χ4n) is 1.60. The largest absolute Gasteiger partial charge is 0.243 e. The van der Waals surface area contributed by atoms with Crippen molar-refractivity contribution in [1.82, 2.24) is 4.98 Å². The number of pyridine rings is 1. The van der Waals surface area contributed by atoms with Gasteiger partial charge < -0.3 is 0 Å². The molecule has 0 N–H and O–H groups in total. The normalized spacial score (nSPS) is 10.0. The zero-order valence-corrected chi connectivity index (χ0v) is 9.79. The summed E-state index contributed by atoms with van der Waals surface area (Å²) in [4.78, 5) is 3.84. The summed E-state index contributed by atoms with van der Waals surface area (Å²) in [6.07, 6.45) is 1.52. The van der Waals surface area contributed by atoms with Crippen LogP contribution in [0.5, 0.6) is 0 Å². The Kier molecular flexibility index (Phi) is 3.08. The molecule has 17 heavy (non-hydrogen) atoms. The summed E-state index contributed by atoms with van der Waals surface area (Å²) in [6.45, 7) is 1.67. The van der Waals surface area contributed by atoms with E-state index in [2.05, 4.69) is 4.98 Å². The first-order valence-corrected chi connectivity index (χ1v) is 5.32. The summed E-state index contributed by atoms with van der Waals surface area (Å²) >= 11 is 5.84. The van der Waals surface area contributed by atoms with E-state index in [1.165, 1.54) is 12.3 Å². The Hall–Kier alpha value is -1.92. The van der Waals surface area contributed by atoms with Crippen molar-refractivity contribution in [3.63, 3.8) is 0 Å². The molecule has 0 saturated carbocycles. The molecule has 1 aromatic carbocycles.